The molecule has 9 heteroatoms. The predicted octanol–water partition coefficient (Wildman–Crippen LogP) is 7.79. The molecule has 0 bridgehead atoms. The quantitative estimate of drug-likeness (QED) is 0.142. The van der Waals surface area contributed by atoms with Gasteiger partial charge >= 0.3 is 5.97 Å². The van der Waals surface area contributed by atoms with E-state index in [1.54, 1.807) is 6.07 Å². The van der Waals surface area contributed by atoms with Gasteiger partial charge in [0.05, 0.1) is 11.3 Å². The van der Waals surface area contributed by atoms with E-state index in [9.17, 15) is 14.4 Å². The standard InChI is InChI=1S/C39H46N4O4S/c1-5-25-6-10-27(11-7-25)28-14-16-29(17-15-28)31-23-41-36(42-24-31)30-12-8-26(9-13-30)22-32(37(46)40-21-20-35(44)45)43-38(47)33-18-19-34(48-33)39(2,3)4/h8-9,12-19,23-25,27,32H,5-7,10-11,20-22H2,1-4H3,(H,40,46)(H,43,47)(H,44,45)/t25-,27-,32-/m0/s1. The van der Waals surface area contributed by atoms with Crippen LogP contribution in [0.15, 0.2) is 73.1 Å². The number of carboxylic acids is 1. The summed E-state index contributed by atoms with van der Waals surface area (Å²) < 4.78 is 0. The first kappa shape index (κ1) is 35.0. The number of carbonyl (C=O) groups is 3. The molecule has 1 aliphatic carbocycles. The van der Waals surface area contributed by atoms with E-state index in [1.807, 2.05) is 42.7 Å². The van der Waals surface area contributed by atoms with Crippen molar-refractivity contribution in [2.75, 3.05) is 6.54 Å². The minimum Gasteiger partial charge on any atom is -0.481 e. The van der Waals surface area contributed by atoms with Gasteiger partial charge in [0.15, 0.2) is 5.82 Å². The molecule has 1 fully saturated rings. The number of carboxylic acid groups (broad SMARTS) is 1. The number of thiophene rings is 1. The zero-order valence-corrected chi connectivity index (χ0v) is 29.1. The van der Waals surface area contributed by atoms with Gasteiger partial charge in [-0.05, 0) is 71.8 Å². The molecule has 0 spiro atoms. The normalized spacial score (nSPS) is 17.0. The third-order valence-corrected chi connectivity index (χ3v) is 10.8. The largest absolute Gasteiger partial charge is 0.481 e. The van der Waals surface area contributed by atoms with Crippen LogP contribution in [0.4, 0.5) is 0 Å². The molecule has 2 amide bonds. The average molecular weight is 667 g/mol. The van der Waals surface area contributed by atoms with Gasteiger partial charge in [0.2, 0.25) is 5.91 Å². The number of carbonyl (C=O) groups excluding carboxylic acids is 2. The molecule has 4 aromatic rings. The molecular weight excluding hydrogens is 621 g/mol. The van der Waals surface area contributed by atoms with Crippen LogP contribution in [0, 0.1) is 5.92 Å². The van der Waals surface area contributed by atoms with E-state index < -0.39 is 17.9 Å². The minimum atomic E-state index is -1.01. The Morgan fingerprint density at radius 2 is 1.52 bits per heavy atom. The molecule has 5 rings (SSSR count). The molecule has 2 heterocycles. The van der Waals surface area contributed by atoms with Crippen LogP contribution < -0.4 is 10.6 Å². The Kier molecular flexibility index (Phi) is 11.4. The highest BCUT2D eigenvalue weighted by Gasteiger charge is 2.25. The van der Waals surface area contributed by atoms with Crippen molar-refractivity contribution < 1.29 is 19.5 Å². The number of hydrogen-bond donors (Lipinski definition) is 3. The van der Waals surface area contributed by atoms with Gasteiger partial charge in [-0.3, -0.25) is 14.4 Å². The molecular formula is C39H46N4O4S. The zero-order valence-electron chi connectivity index (χ0n) is 28.3. The van der Waals surface area contributed by atoms with Gasteiger partial charge in [-0.15, -0.1) is 11.3 Å². The van der Waals surface area contributed by atoms with E-state index in [0.29, 0.717) is 16.6 Å². The lowest BCUT2D eigenvalue weighted by Crippen LogP contribution is -2.48. The summed E-state index contributed by atoms with van der Waals surface area (Å²) in [5.41, 5.74) is 5.05. The lowest BCUT2D eigenvalue weighted by Gasteiger charge is -2.28. The Balaban J connectivity index is 1.23. The Morgan fingerprint density at radius 3 is 2.10 bits per heavy atom. The first-order valence-electron chi connectivity index (χ1n) is 16.9. The van der Waals surface area contributed by atoms with Gasteiger partial charge in [-0.25, -0.2) is 9.97 Å². The van der Waals surface area contributed by atoms with Crippen LogP contribution in [-0.4, -0.2) is 45.4 Å². The van der Waals surface area contributed by atoms with Crippen LogP contribution in [-0.2, 0) is 21.4 Å². The third-order valence-electron chi connectivity index (χ3n) is 9.27. The maximum absolute atomic E-state index is 13.2. The van der Waals surface area contributed by atoms with Crippen LogP contribution >= 0.6 is 11.3 Å². The maximum Gasteiger partial charge on any atom is 0.305 e. The second-order valence-corrected chi connectivity index (χ2v) is 14.9. The summed E-state index contributed by atoms with van der Waals surface area (Å²) >= 11 is 1.40. The Morgan fingerprint density at radius 1 is 0.875 bits per heavy atom. The first-order valence-corrected chi connectivity index (χ1v) is 17.7. The number of rotatable bonds is 12. The van der Waals surface area contributed by atoms with Gasteiger partial charge in [-0.1, -0.05) is 82.6 Å². The van der Waals surface area contributed by atoms with Crippen LogP contribution in [0.3, 0.4) is 0 Å². The smallest absolute Gasteiger partial charge is 0.305 e. The SMILES string of the molecule is CC[C@H]1CC[C@H](c2ccc(-c3cnc(-c4ccc(C[C@H](NC(=O)c5ccc(C(C)(C)C)s5)C(=O)NCCC(=O)O)cc4)nc3)cc2)CC1. The number of aromatic nitrogens is 2. The van der Waals surface area contributed by atoms with Crippen LogP contribution in [0.2, 0.25) is 0 Å². The van der Waals surface area contributed by atoms with Gasteiger partial charge < -0.3 is 15.7 Å². The van der Waals surface area contributed by atoms with Crippen molar-refractivity contribution in [1.82, 2.24) is 20.6 Å². The molecule has 8 nitrogen and oxygen atoms in total. The van der Waals surface area contributed by atoms with Crippen LogP contribution in [0.5, 0.6) is 0 Å². The van der Waals surface area contributed by atoms with E-state index in [4.69, 9.17) is 5.11 Å². The second-order valence-electron chi connectivity index (χ2n) is 13.8. The van der Waals surface area contributed by atoms with Crippen molar-refractivity contribution in [3.05, 3.63) is 93.9 Å². The van der Waals surface area contributed by atoms with E-state index >= 15 is 0 Å². The third kappa shape index (κ3) is 9.16. The zero-order chi connectivity index (χ0) is 34.3. The highest BCUT2D eigenvalue weighted by Crippen LogP contribution is 2.37. The van der Waals surface area contributed by atoms with E-state index in [-0.39, 0.29) is 30.7 Å². The highest BCUT2D eigenvalue weighted by atomic mass is 32.1. The van der Waals surface area contributed by atoms with Crippen molar-refractivity contribution in [3.63, 3.8) is 0 Å². The minimum absolute atomic E-state index is 0.0237. The molecule has 0 saturated heterocycles. The summed E-state index contributed by atoms with van der Waals surface area (Å²) in [5, 5.41) is 14.5. The monoisotopic (exact) mass is 666 g/mol. The molecule has 2 aromatic carbocycles. The van der Waals surface area contributed by atoms with E-state index in [2.05, 4.69) is 72.6 Å². The summed E-state index contributed by atoms with van der Waals surface area (Å²) in [5.74, 6) is 0.360. The highest BCUT2D eigenvalue weighted by molar-refractivity contribution is 7.14. The number of hydrogen-bond acceptors (Lipinski definition) is 6. The summed E-state index contributed by atoms with van der Waals surface area (Å²) in [6.07, 6.45) is 10.2. The Bertz CT molecular complexity index is 1680. The summed E-state index contributed by atoms with van der Waals surface area (Å²) in [6, 6.07) is 19.3. The molecule has 0 aliphatic heterocycles. The van der Waals surface area contributed by atoms with Crippen molar-refractivity contribution >= 4 is 29.1 Å². The topological polar surface area (TPSA) is 121 Å². The molecule has 1 aliphatic rings. The molecule has 0 radical (unpaired) electrons. The number of amides is 2. The lowest BCUT2D eigenvalue weighted by molar-refractivity contribution is -0.137. The molecule has 252 valence electrons. The number of nitrogens with zero attached hydrogens (tertiary/aromatic N) is 2. The maximum atomic E-state index is 13.2. The summed E-state index contributed by atoms with van der Waals surface area (Å²) in [4.78, 5) is 48.1. The molecule has 48 heavy (non-hydrogen) atoms. The van der Waals surface area contributed by atoms with E-state index in [1.165, 1.54) is 49.0 Å². The average Bonchev–Trinajstić information content (AvgIpc) is 3.60. The first-order chi connectivity index (χ1) is 23.0. The lowest BCUT2D eigenvalue weighted by atomic mass is 9.78. The second kappa shape index (κ2) is 15.7. The van der Waals surface area contributed by atoms with Crippen LogP contribution in [0.1, 0.15) is 97.8 Å². The predicted molar refractivity (Wildman–Crippen MR) is 191 cm³/mol. The number of aliphatic carboxylic acids is 1. The molecule has 1 saturated carbocycles. The molecule has 0 unspecified atom stereocenters. The number of benzene rings is 2. The van der Waals surface area contributed by atoms with Crippen molar-refractivity contribution in [1.29, 1.82) is 0 Å². The molecule has 1 atom stereocenters. The molecule has 2 aromatic heterocycles. The van der Waals surface area contributed by atoms with Gasteiger partial charge in [-0.2, -0.15) is 0 Å². The molecule has 3 N–H and O–H groups in total. The summed E-state index contributed by atoms with van der Waals surface area (Å²) in [6.45, 7) is 8.52. The van der Waals surface area contributed by atoms with Gasteiger partial charge in [0, 0.05) is 41.4 Å². The van der Waals surface area contributed by atoms with Crippen molar-refractivity contribution in [2.24, 2.45) is 5.92 Å². The van der Waals surface area contributed by atoms with Crippen molar-refractivity contribution in [3.8, 4) is 22.5 Å². The van der Waals surface area contributed by atoms with Gasteiger partial charge in [0.25, 0.3) is 5.91 Å². The fraction of sp³-hybridized carbons (Fsp3) is 0.410. The Hall–Kier alpha value is -4.37. The van der Waals surface area contributed by atoms with E-state index in [0.717, 1.165) is 33.0 Å². The Labute approximate surface area is 287 Å². The fourth-order valence-electron chi connectivity index (χ4n) is 6.22. The van der Waals surface area contributed by atoms with Crippen molar-refractivity contribution in [2.45, 2.75) is 90.0 Å². The fourth-order valence-corrected chi connectivity index (χ4v) is 7.19. The summed E-state index contributed by atoms with van der Waals surface area (Å²) in [7, 11) is 0. The van der Waals surface area contributed by atoms with Crippen LogP contribution in [0.25, 0.3) is 22.5 Å². The number of nitrogens with one attached hydrogen (secondary N) is 2. The van der Waals surface area contributed by atoms with Gasteiger partial charge in [0.1, 0.15) is 6.04 Å².